The fourth-order valence-corrected chi connectivity index (χ4v) is 3.02. The summed E-state index contributed by atoms with van der Waals surface area (Å²) in [4.78, 5) is 0. The lowest BCUT2D eigenvalue weighted by Crippen LogP contribution is -2.22. The smallest absolute Gasteiger partial charge is 0.120 e. The van der Waals surface area contributed by atoms with Crippen molar-refractivity contribution in [3.8, 4) is 5.75 Å². The minimum atomic E-state index is 0.0375. The van der Waals surface area contributed by atoms with Crippen molar-refractivity contribution >= 4 is 10.9 Å². The molecule has 1 saturated heterocycles. The molecule has 1 aliphatic heterocycles. The van der Waals surface area contributed by atoms with Crippen LogP contribution in [0.4, 0.5) is 0 Å². The van der Waals surface area contributed by atoms with Crippen LogP contribution in [0.15, 0.2) is 30.5 Å². The summed E-state index contributed by atoms with van der Waals surface area (Å²) < 4.78 is 13.9. The summed E-state index contributed by atoms with van der Waals surface area (Å²) in [6.45, 7) is 8.00. The Morgan fingerprint density at radius 3 is 2.90 bits per heavy atom. The summed E-state index contributed by atoms with van der Waals surface area (Å²) in [5.74, 6) is 0.941. The van der Waals surface area contributed by atoms with Gasteiger partial charge in [0.05, 0.1) is 18.3 Å². The maximum absolute atomic E-state index is 6.09. The SMILES string of the molecule is CCOc1ccc2c(ccn2CC2CCC(C)(C)O2)c1. The maximum atomic E-state index is 6.09. The van der Waals surface area contributed by atoms with E-state index in [1.165, 1.54) is 10.9 Å². The third-order valence-corrected chi connectivity index (χ3v) is 4.01. The van der Waals surface area contributed by atoms with Crippen molar-refractivity contribution in [1.82, 2.24) is 4.57 Å². The zero-order valence-electron chi connectivity index (χ0n) is 12.6. The number of fused-ring (bicyclic) bond motifs is 1. The van der Waals surface area contributed by atoms with Gasteiger partial charge in [0.1, 0.15) is 5.75 Å². The van der Waals surface area contributed by atoms with E-state index in [1.807, 2.05) is 13.0 Å². The first-order valence-electron chi connectivity index (χ1n) is 7.47. The van der Waals surface area contributed by atoms with Crippen molar-refractivity contribution in [3.63, 3.8) is 0 Å². The number of ether oxygens (including phenoxy) is 2. The molecule has 20 heavy (non-hydrogen) atoms. The molecular weight excluding hydrogens is 250 g/mol. The first-order chi connectivity index (χ1) is 9.57. The van der Waals surface area contributed by atoms with Crippen LogP contribution in [0.1, 0.15) is 33.6 Å². The Balaban J connectivity index is 1.79. The number of rotatable bonds is 4. The zero-order chi connectivity index (χ0) is 14.2. The molecular formula is C17H23NO2. The van der Waals surface area contributed by atoms with Gasteiger partial charge in [-0.3, -0.25) is 0 Å². The van der Waals surface area contributed by atoms with Crippen LogP contribution in [-0.2, 0) is 11.3 Å². The molecule has 2 aromatic rings. The van der Waals surface area contributed by atoms with E-state index in [4.69, 9.17) is 9.47 Å². The largest absolute Gasteiger partial charge is 0.494 e. The highest BCUT2D eigenvalue weighted by atomic mass is 16.5. The second-order valence-electron chi connectivity index (χ2n) is 6.16. The van der Waals surface area contributed by atoms with Gasteiger partial charge >= 0.3 is 0 Å². The van der Waals surface area contributed by atoms with Crippen molar-refractivity contribution in [2.24, 2.45) is 0 Å². The number of nitrogens with zero attached hydrogens (tertiary/aromatic N) is 1. The average Bonchev–Trinajstić information content (AvgIpc) is 2.94. The van der Waals surface area contributed by atoms with E-state index in [2.05, 4.69) is 42.8 Å². The molecule has 2 heterocycles. The van der Waals surface area contributed by atoms with Gasteiger partial charge in [0.15, 0.2) is 0 Å². The van der Waals surface area contributed by atoms with Crippen molar-refractivity contribution in [3.05, 3.63) is 30.5 Å². The van der Waals surface area contributed by atoms with Gasteiger partial charge in [0.25, 0.3) is 0 Å². The first kappa shape index (κ1) is 13.5. The van der Waals surface area contributed by atoms with Gasteiger partial charge in [-0.1, -0.05) is 0 Å². The van der Waals surface area contributed by atoms with Crippen LogP contribution in [0.5, 0.6) is 5.75 Å². The number of aromatic nitrogens is 1. The minimum absolute atomic E-state index is 0.0375. The highest BCUT2D eigenvalue weighted by Crippen LogP contribution is 2.31. The van der Waals surface area contributed by atoms with E-state index in [9.17, 15) is 0 Å². The third-order valence-electron chi connectivity index (χ3n) is 4.01. The van der Waals surface area contributed by atoms with E-state index in [0.29, 0.717) is 12.7 Å². The maximum Gasteiger partial charge on any atom is 0.120 e. The highest BCUT2D eigenvalue weighted by Gasteiger charge is 2.31. The summed E-state index contributed by atoms with van der Waals surface area (Å²) >= 11 is 0. The van der Waals surface area contributed by atoms with Crippen molar-refractivity contribution < 1.29 is 9.47 Å². The fourth-order valence-electron chi connectivity index (χ4n) is 3.02. The molecule has 1 fully saturated rings. The van der Waals surface area contributed by atoms with Gasteiger partial charge < -0.3 is 14.0 Å². The lowest BCUT2D eigenvalue weighted by molar-refractivity contribution is -0.0212. The molecule has 0 amide bonds. The second-order valence-corrected chi connectivity index (χ2v) is 6.16. The summed E-state index contributed by atoms with van der Waals surface area (Å²) in [6, 6.07) is 8.44. The Morgan fingerprint density at radius 2 is 2.20 bits per heavy atom. The molecule has 1 unspecified atom stereocenters. The average molecular weight is 273 g/mol. The predicted molar refractivity (Wildman–Crippen MR) is 81.3 cm³/mol. The summed E-state index contributed by atoms with van der Waals surface area (Å²) in [7, 11) is 0. The van der Waals surface area contributed by atoms with Gasteiger partial charge in [0.2, 0.25) is 0 Å². The standard InChI is InChI=1S/C17H23NO2/c1-4-19-14-5-6-16-13(11-14)8-10-18(16)12-15-7-9-17(2,3)20-15/h5-6,8,10-11,15H,4,7,9,12H2,1-3H3. The molecule has 3 nitrogen and oxygen atoms in total. The van der Waals surface area contributed by atoms with Crippen LogP contribution >= 0.6 is 0 Å². The summed E-state index contributed by atoms with van der Waals surface area (Å²) in [5.41, 5.74) is 1.29. The van der Waals surface area contributed by atoms with Gasteiger partial charge in [-0.05, 0) is 57.9 Å². The Bertz CT molecular complexity index is 600. The van der Waals surface area contributed by atoms with Crippen molar-refractivity contribution in [1.29, 1.82) is 0 Å². The first-order valence-corrected chi connectivity index (χ1v) is 7.47. The lowest BCUT2D eigenvalue weighted by atomic mass is 10.1. The Morgan fingerprint density at radius 1 is 1.35 bits per heavy atom. The van der Waals surface area contributed by atoms with E-state index >= 15 is 0 Å². The molecule has 1 aromatic heterocycles. The van der Waals surface area contributed by atoms with Crippen LogP contribution < -0.4 is 4.74 Å². The number of hydrogen-bond acceptors (Lipinski definition) is 2. The number of benzene rings is 1. The van der Waals surface area contributed by atoms with Gasteiger partial charge in [0, 0.05) is 23.6 Å². The third kappa shape index (κ3) is 2.68. The molecule has 3 rings (SSSR count). The second kappa shape index (κ2) is 5.13. The van der Waals surface area contributed by atoms with E-state index in [-0.39, 0.29) is 5.60 Å². The Labute approximate surface area is 120 Å². The van der Waals surface area contributed by atoms with E-state index < -0.39 is 0 Å². The molecule has 0 saturated carbocycles. The summed E-state index contributed by atoms with van der Waals surface area (Å²) in [5, 5.41) is 1.23. The van der Waals surface area contributed by atoms with Crippen molar-refractivity contribution in [2.45, 2.75) is 51.9 Å². The zero-order valence-corrected chi connectivity index (χ0v) is 12.6. The van der Waals surface area contributed by atoms with Crippen LogP contribution in [0.25, 0.3) is 10.9 Å². The lowest BCUT2D eigenvalue weighted by Gasteiger charge is -2.20. The molecule has 0 radical (unpaired) electrons. The molecule has 0 bridgehead atoms. The highest BCUT2D eigenvalue weighted by molar-refractivity contribution is 5.81. The molecule has 3 heteroatoms. The van der Waals surface area contributed by atoms with E-state index in [0.717, 1.165) is 25.1 Å². The predicted octanol–water partition coefficient (Wildman–Crippen LogP) is 4.00. The van der Waals surface area contributed by atoms with Crippen LogP contribution in [-0.4, -0.2) is 22.9 Å². The molecule has 1 aliphatic rings. The van der Waals surface area contributed by atoms with Crippen LogP contribution in [0.2, 0.25) is 0 Å². The molecule has 0 spiro atoms. The molecule has 0 aliphatic carbocycles. The Kier molecular flexibility index (Phi) is 3.47. The Hall–Kier alpha value is -1.48. The van der Waals surface area contributed by atoms with Crippen LogP contribution in [0, 0.1) is 0 Å². The van der Waals surface area contributed by atoms with Crippen molar-refractivity contribution in [2.75, 3.05) is 6.61 Å². The van der Waals surface area contributed by atoms with Gasteiger partial charge in [-0.25, -0.2) is 0 Å². The normalized spacial score (nSPS) is 21.4. The fraction of sp³-hybridized carbons (Fsp3) is 0.529. The summed E-state index contributed by atoms with van der Waals surface area (Å²) in [6.07, 6.45) is 4.76. The molecule has 108 valence electrons. The topological polar surface area (TPSA) is 23.4 Å². The minimum Gasteiger partial charge on any atom is -0.494 e. The molecule has 0 N–H and O–H groups in total. The van der Waals surface area contributed by atoms with Crippen LogP contribution in [0.3, 0.4) is 0 Å². The van der Waals surface area contributed by atoms with E-state index in [1.54, 1.807) is 0 Å². The quantitative estimate of drug-likeness (QED) is 0.840. The monoisotopic (exact) mass is 273 g/mol. The van der Waals surface area contributed by atoms with Gasteiger partial charge in [-0.2, -0.15) is 0 Å². The molecule has 1 atom stereocenters. The van der Waals surface area contributed by atoms with Gasteiger partial charge in [-0.15, -0.1) is 0 Å². The number of hydrogen-bond donors (Lipinski definition) is 0. The molecule has 1 aromatic carbocycles.